The fourth-order valence-corrected chi connectivity index (χ4v) is 2.91. The average Bonchev–Trinajstić information content (AvgIpc) is 2.95. The van der Waals surface area contributed by atoms with Gasteiger partial charge in [-0.2, -0.15) is 0 Å². The van der Waals surface area contributed by atoms with E-state index in [-0.39, 0.29) is 5.91 Å². The van der Waals surface area contributed by atoms with Crippen LogP contribution in [0.15, 0.2) is 17.0 Å². The Hall–Kier alpha value is -2.15. The molecule has 1 aliphatic carbocycles. The van der Waals surface area contributed by atoms with Crippen LogP contribution >= 0.6 is 0 Å². The molecule has 1 aliphatic heterocycles. The Balaban J connectivity index is 1.61. The van der Waals surface area contributed by atoms with Gasteiger partial charge in [-0.1, -0.05) is 0 Å². The molecule has 1 unspecified atom stereocenters. The number of aromatic amines is 1. The van der Waals surface area contributed by atoms with Crippen LogP contribution in [0, 0.1) is 6.92 Å². The van der Waals surface area contributed by atoms with Gasteiger partial charge in [-0.3, -0.25) is 4.79 Å². The first kappa shape index (κ1) is 13.5. The van der Waals surface area contributed by atoms with Crippen LogP contribution < -0.4 is 5.32 Å². The number of carbonyl (C=O) groups excluding carboxylic acids is 1. The Morgan fingerprint density at radius 1 is 1.45 bits per heavy atom. The lowest BCUT2D eigenvalue weighted by molar-refractivity contribution is 0.0840. The SMILES string of the molecule is Cc1cnc(C2(NC(=O)c3ocnc3C3CC3)CCOC2)[nH]1. The lowest BCUT2D eigenvalue weighted by Gasteiger charge is -2.26. The van der Waals surface area contributed by atoms with Crippen molar-refractivity contribution in [2.24, 2.45) is 0 Å². The predicted molar refractivity (Wildman–Crippen MR) is 76.4 cm³/mol. The topological polar surface area (TPSA) is 93.0 Å². The number of amides is 1. The number of ether oxygens (including phenoxy) is 1. The largest absolute Gasteiger partial charge is 0.438 e. The fourth-order valence-electron chi connectivity index (χ4n) is 2.91. The lowest BCUT2D eigenvalue weighted by Crippen LogP contribution is -2.47. The molecule has 7 heteroatoms. The van der Waals surface area contributed by atoms with Gasteiger partial charge < -0.3 is 19.5 Å². The van der Waals surface area contributed by atoms with Gasteiger partial charge in [0.1, 0.15) is 11.4 Å². The lowest BCUT2D eigenvalue weighted by atomic mass is 9.97. The summed E-state index contributed by atoms with van der Waals surface area (Å²) in [4.78, 5) is 24.4. The second-order valence-electron chi connectivity index (χ2n) is 6.09. The Bertz CT molecular complexity index is 695. The third kappa shape index (κ3) is 2.21. The molecule has 0 spiro atoms. The summed E-state index contributed by atoms with van der Waals surface area (Å²) in [5, 5.41) is 3.06. The van der Waals surface area contributed by atoms with Crippen LogP contribution in [0.3, 0.4) is 0 Å². The summed E-state index contributed by atoms with van der Waals surface area (Å²) < 4.78 is 10.8. The second kappa shape index (κ2) is 4.95. The van der Waals surface area contributed by atoms with Crippen molar-refractivity contribution in [1.29, 1.82) is 0 Å². The highest BCUT2D eigenvalue weighted by atomic mass is 16.5. The van der Waals surface area contributed by atoms with Crippen molar-refractivity contribution in [2.75, 3.05) is 13.2 Å². The molecular formula is C15H18N4O3. The van der Waals surface area contributed by atoms with Crippen LogP contribution in [0.25, 0.3) is 0 Å². The van der Waals surface area contributed by atoms with Crippen molar-refractivity contribution in [3.8, 4) is 0 Å². The van der Waals surface area contributed by atoms with Crippen molar-refractivity contribution < 1.29 is 13.9 Å². The summed E-state index contributed by atoms with van der Waals surface area (Å²) in [5.41, 5.74) is 1.09. The molecule has 1 saturated carbocycles. The minimum absolute atomic E-state index is 0.251. The zero-order chi connectivity index (χ0) is 15.2. The highest BCUT2D eigenvalue weighted by Crippen LogP contribution is 2.41. The van der Waals surface area contributed by atoms with Crippen LogP contribution in [0.1, 0.15) is 52.9 Å². The molecule has 2 aromatic rings. The van der Waals surface area contributed by atoms with Crippen LogP contribution in [0.5, 0.6) is 0 Å². The summed E-state index contributed by atoms with van der Waals surface area (Å²) in [6.45, 7) is 2.92. The summed E-state index contributed by atoms with van der Waals surface area (Å²) in [6, 6.07) is 0. The van der Waals surface area contributed by atoms with Crippen LogP contribution in [0.4, 0.5) is 0 Å². The average molecular weight is 302 g/mol. The van der Waals surface area contributed by atoms with E-state index in [4.69, 9.17) is 9.15 Å². The van der Waals surface area contributed by atoms with Crippen molar-refractivity contribution in [2.45, 2.75) is 37.6 Å². The maximum absolute atomic E-state index is 12.7. The van der Waals surface area contributed by atoms with Gasteiger partial charge in [0.05, 0.1) is 12.3 Å². The number of nitrogens with one attached hydrogen (secondary N) is 2. The molecule has 0 bridgehead atoms. The second-order valence-corrected chi connectivity index (χ2v) is 6.09. The summed E-state index contributed by atoms with van der Waals surface area (Å²) >= 11 is 0. The summed E-state index contributed by atoms with van der Waals surface area (Å²) in [6.07, 6.45) is 5.92. The van der Waals surface area contributed by atoms with E-state index in [0.29, 0.717) is 31.3 Å². The smallest absolute Gasteiger partial charge is 0.289 e. The molecule has 0 radical (unpaired) electrons. The molecule has 2 fully saturated rings. The normalized spacial score (nSPS) is 24.6. The van der Waals surface area contributed by atoms with E-state index in [0.717, 1.165) is 30.1 Å². The molecule has 7 nitrogen and oxygen atoms in total. The standard InChI is InChI=1S/C15H18N4O3/c1-9-6-16-14(18-9)15(4-5-21-7-15)19-13(20)12-11(10-2-3-10)17-8-22-12/h6,8,10H,2-5,7H2,1H3,(H,16,18)(H,19,20). The summed E-state index contributed by atoms with van der Waals surface area (Å²) in [7, 11) is 0. The Kier molecular flexibility index (Phi) is 3.04. The van der Waals surface area contributed by atoms with E-state index < -0.39 is 5.54 Å². The highest BCUT2D eigenvalue weighted by molar-refractivity contribution is 5.93. The Morgan fingerprint density at radius 3 is 2.95 bits per heavy atom. The molecule has 2 N–H and O–H groups in total. The van der Waals surface area contributed by atoms with Crippen molar-refractivity contribution in [3.05, 3.63) is 35.6 Å². The Labute approximate surface area is 127 Å². The van der Waals surface area contributed by atoms with Crippen LogP contribution in [0.2, 0.25) is 0 Å². The van der Waals surface area contributed by atoms with E-state index in [2.05, 4.69) is 20.3 Å². The molecule has 4 rings (SSSR count). The molecular weight excluding hydrogens is 284 g/mol. The third-order valence-electron chi connectivity index (χ3n) is 4.30. The third-order valence-corrected chi connectivity index (χ3v) is 4.30. The first-order valence-electron chi connectivity index (χ1n) is 7.54. The molecule has 3 heterocycles. The van der Waals surface area contributed by atoms with E-state index in [1.54, 1.807) is 6.20 Å². The first-order valence-corrected chi connectivity index (χ1v) is 7.54. The number of nitrogens with zero attached hydrogens (tertiary/aromatic N) is 2. The Morgan fingerprint density at radius 2 is 2.32 bits per heavy atom. The minimum atomic E-state index is -0.626. The zero-order valence-corrected chi connectivity index (χ0v) is 12.4. The number of aromatic nitrogens is 3. The monoisotopic (exact) mass is 302 g/mol. The minimum Gasteiger partial charge on any atom is -0.438 e. The van der Waals surface area contributed by atoms with Gasteiger partial charge in [-0.15, -0.1) is 0 Å². The van der Waals surface area contributed by atoms with Gasteiger partial charge in [0, 0.05) is 30.8 Å². The number of rotatable bonds is 4. The van der Waals surface area contributed by atoms with Gasteiger partial charge in [0.15, 0.2) is 6.39 Å². The number of hydrogen-bond acceptors (Lipinski definition) is 5. The maximum Gasteiger partial charge on any atom is 0.289 e. The van der Waals surface area contributed by atoms with Crippen molar-refractivity contribution in [3.63, 3.8) is 0 Å². The first-order chi connectivity index (χ1) is 10.7. The molecule has 1 saturated heterocycles. The molecule has 22 heavy (non-hydrogen) atoms. The van der Waals surface area contributed by atoms with Crippen molar-refractivity contribution in [1.82, 2.24) is 20.3 Å². The molecule has 2 aromatic heterocycles. The van der Waals surface area contributed by atoms with Gasteiger partial charge in [-0.05, 0) is 19.8 Å². The van der Waals surface area contributed by atoms with E-state index in [1.807, 2.05) is 6.92 Å². The summed E-state index contributed by atoms with van der Waals surface area (Å²) in [5.74, 6) is 1.15. The van der Waals surface area contributed by atoms with Crippen molar-refractivity contribution >= 4 is 5.91 Å². The van der Waals surface area contributed by atoms with Gasteiger partial charge in [0.2, 0.25) is 5.76 Å². The number of oxazole rings is 1. The zero-order valence-electron chi connectivity index (χ0n) is 12.4. The molecule has 0 aromatic carbocycles. The predicted octanol–water partition coefficient (Wildman–Crippen LogP) is 1.63. The van der Waals surface area contributed by atoms with E-state index >= 15 is 0 Å². The van der Waals surface area contributed by atoms with E-state index in [9.17, 15) is 4.79 Å². The highest BCUT2D eigenvalue weighted by Gasteiger charge is 2.42. The number of H-pyrrole nitrogens is 1. The number of carbonyl (C=O) groups is 1. The molecule has 1 amide bonds. The van der Waals surface area contributed by atoms with Crippen LogP contribution in [-0.4, -0.2) is 34.1 Å². The van der Waals surface area contributed by atoms with Crippen LogP contribution in [-0.2, 0) is 10.3 Å². The quantitative estimate of drug-likeness (QED) is 0.895. The fraction of sp³-hybridized carbons (Fsp3) is 0.533. The molecule has 1 atom stereocenters. The number of aryl methyl sites for hydroxylation is 1. The van der Waals surface area contributed by atoms with Gasteiger partial charge >= 0.3 is 0 Å². The number of hydrogen-bond donors (Lipinski definition) is 2. The van der Waals surface area contributed by atoms with Gasteiger partial charge in [-0.25, -0.2) is 9.97 Å². The molecule has 2 aliphatic rings. The van der Waals surface area contributed by atoms with E-state index in [1.165, 1.54) is 6.39 Å². The molecule has 116 valence electrons. The van der Waals surface area contributed by atoms with Gasteiger partial charge in [0.25, 0.3) is 5.91 Å². The maximum atomic E-state index is 12.7. The number of imidazole rings is 1.